The zero-order valence-corrected chi connectivity index (χ0v) is 10.8. The lowest BCUT2D eigenvalue weighted by molar-refractivity contribution is 1.10. The molecule has 0 saturated carbocycles. The zero-order chi connectivity index (χ0) is 10.1. The van der Waals surface area contributed by atoms with Gasteiger partial charge in [-0.1, -0.05) is 0 Å². The minimum Gasteiger partial charge on any atom is -0.157 e. The van der Waals surface area contributed by atoms with Gasteiger partial charge in [0.05, 0.1) is 0 Å². The fraction of sp³-hybridized carbons (Fsp3) is 0.333. The topological polar surface area (TPSA) is 0 Å². The van der Waals surface area contributed by atoms with Gasteiger partial charge in [-0.2, -0.15) is 11.8 Å². The fourth-order valence-electron chi connectivity index (χ4n) is 1.80. The van der Waals surface area contributed by atoms with Crippen LogP contribution in [0.2, 0.25) is 0 Å². The summed E-state index contributed by atoms with van der Waals surface area (Å²) in [5, 5.41) is 3.60. The maximum Gasteiger partial charge on any atom is 0.0346 e. The van der Waals surface area contributed by atoms with Crippen molar-refractivity contribution in [3.8, 4) is 0 Å². The third-order valence-electron chi connectivity index (χ3n) is 2.58. The molecule has 1 aliphatic heterocycles. The van der Waals surface area contributed by atoms with Crippen LogP contribution in [-0.4, -0.2) is 11.5 Å². The van der Waals surface area contributed by atoms with Crippen LogP contribution in [-0.2, 0) is 5.75 Å². The standard InChI is InChI=1S/C12H12S3/c1-3-13-8-10-7-11-9(2-5-15-11)6-12(10)14-4-1/h2,5-7H,1,3-4,8H2. The van der Waals surface area contributed by atoms with Gasteiger partial charge in [0.15, 0.2) is 0 Å². The van der Waals surface area contributed by atoms with Crippen LogP contribution in [0.1, 0.15) is 12.0 Å². The molecule has 0 saturated heterocycles. The van der Waals surface area contributed by atoms with Crippen LogP contribution in [0.5, 0.6) is 0 Å². The molecule has 0 aliphatic carbocycles. The average Bonchev–Trinajstić information content (AvgIpc) is 2.64. The van der Waals surface area contributed by atoms with E-state index in [0.29, 0.717) is 0 Å². The molecule has 15 heavy (non-hydrogen) atoms. The SMILES string of the molecule is c1cc2cc3c(cc2s1)CSCCCS3. The smallest absolute Gasteiger partial charge is 0.0346 e. The molecule has 1 aliphatic rings. The summed E-state index contributed by atoms with van der Waals surface area (Å²) in [4.78, 5) is 1.51. The Hall–Kier alpha value is -0.120. The first-order valence-corrected chi connectivity index (χ1v) is 8.16. The normalized spacial score (nSPS) is 17.1. The molecule has 3 rings (SSSR count). The molecule has 2 heterocycles. The number of benzene rings is 1. The van der Waals surface area contributed by atoms with Gasteiger partial charge >= 0.3 is 0 Å². The van der Waals surface area contributed by atoms with Crippen LogP contribution in [0, 0.1) is 0 Å². The molecular formula is C12H12S3. The second-order valence-corrected chi connectivity index (χ2v) is 6.86. The number of thiophene rings is 1. The van der Waals surface area contributed by atoms with E-state index >= 15 is 0 Å². The number of hydrogen-bond donors (Lipinski definition) is 0. The number of fused-ring (bicyclic) bond motifs is 2. The van der Waals surface area contributed by atoms with Crippen molar-refractivity contribution in [3.63, 3.8) is 0 Å². The quantitative estimate of drug-likeness (QED) is 0.670. The average molecular weight is 252 g/mol. The van der Waals surface area contributed by atoms with E-state index in [9.17, 15) is 0 Å². The van der Waals surface area contributed by atoms with E-state index in [4.69, 9.17) is 0 Å². The summed E-state index contributed by atoms with van der Waals surface area (Å²) >= 11 is 5.96. The molecule has 1 aromatic heterocycles. The van der Waals surface area contributed by atoms with Crippen LogP contribution in [0.4, 0.5) is 0 Å². The molecule has 0 N–H and O–H groups in total. The Balaban J connectivity index is 2.10. The molecular weight excluding hydrogens is 240 g/mol. The van der Waals surface area contributed by atoms with Crippen molar-refractivity contribution >= 4 is 44.9 Å². The van der Waals surface area contributed by atoms with Crippen LogP contribution < -0.4 is 0 Å². The Labute approximate surface area is 102 Å². The molecule has 0 amide bonds. The van der Waals surface area contributed by atoms with Gasteiger partial charge in [0.1, 0.15) is 0 Å². The summed E-state index contributed by atoms with van der Waals surface area (Å²) in [7, 11) is 0. The van der Waals surface area contributed by atoms with E-state index in [1.165, 1.54) is 38.7 Å². The second kappa shape index (κ2) is 4.40. The maximum atomic E-state index is 2.39. The molecule has 0 atom stereocenters. The van der Waals surface area contributed by atoms with Crippen LogP contribution in [0.3, 0.4) is 0 Å². The number of rotatable bonds is 0. The summed E-state index contributed by atoms with van der Waals surface area (Å²) in [6.45, 7) is 0. The predicted molar refractivity (Wildman–Crippen MR) is 73.3 cm³/mol. The lowest BCUT2D eigenvalue weighted by atomic mass is 10.2. The number of hydrogen-bond acceptors (Lipinski definition) is 3. The largest absolute Gasteiger partial charge is 0.157 e. The van der Waals surface area contributed by atoms with E-state index in [1.54, 1.807) is 5.56 Å². The van der Waals surface area contributed by atoms with Crippen molar-refractivity contribution in [3.05, 3.63) is 29.1 Å². The lowest BCUT2D eigenvalue weighted by Gasteiger charge is -2.13. The third kappa shape index (κ3) is 2.05. The van der Waals surface area contributed by atoms with Gasteiger partial charge in [-0.3, -0.25) is 0 Å². The fourth-order valence-corrected chi connectivity index (χ4v) is 4.90. The minimum atomic E-state index is 1.19. The summed E-state index contributed by atoms with van der Waals surface area (Å²) in [5.41, 5.74) is 1.54. The maximum absolute atomic E-state index is 2.39. The van der Waals surface area contributed by atoms with Crippen molar-refractivity contribution in [1.29, 1.82) is 0 Å². The minimum absolute atomic E-state index is 1.19. The Kier molecular flexibility index (Phi) is 2.95. The van der Waals surface area contributed by atoms with Gasteiger partial charge < -0.3 is 0 Å². The highest BCUT2D eigenvalue weighted by molar-refractivity contribution is 8.00. The van der Waals surface area contributed by atoms with Crippen molar-refractivity contribution in [2.75, 3.05) is 11.5 Å². The molecule has 0 unspecified atom stereocenters. The van der Waals surface area contributed by atoms with Crippen LogP contribution >= 0.6 is 34.9 Å². The highest BCUT2D eigenvalue weighted by Gasteiger charge is 2.09. The van der Waals surface area contributed by atoms with Gasteiger partial charge in [0.2, 0.25) is 0 Å². The van der Waals surface area contributed by atoms with Gasteiger partial charge in [-0.25, -0.2) is 0 Å². The van der Waals surface area contributed by atoms with E-state index in [2.05, 4.69) is 35.3 Å². The summed E-state index contributed by atoms with van der Waals surface area (Å²) < 4.78 is 1.44. The van der Waals surface area contributed by atoms with E-state index < -0.39 is 0 Å². The zero-order valence-electron chi connectivity index (χ0n) is 8.36. The Bertz CT molecular complexity index is 431. The van der Waals surface area contributed by atoms with Crippen molar-refractivity contribution in [2.45, 2.75) is 17.1 Å². The summed E-state index contributed by atoms with van der Waals surface area (Å²) in [6, 6.07) is 6.99. The highest BCUT2D eigenvalue weighted by atomic mass is 32.2. The third-order valence-corrected chi connectivity index (χ3v) is 5.74. The molecule has 0 fully saturated rings. The van der Waals surface area contributed by atoms with Crippen molar-refractivity contribution in [1.82, 2.24) is 0 Å². The van der Waals surface area contributed by atoms with Gasteiger partial charge in [0, 0.05) is 15.3 Å². The second-order valence-electron chi connectivity index (χ2n) is 3.67. The van der Waals surface area contributed by atoms with Gasteiger partial charge in [0.25, 0.3) is 0 Å². The van der Waals surface area contributed by atoms with E-state index in [1.807, 2.05) is 23.1 Å². The number of thioether (sulfide) groups is 2. The molecule has 2 aromatic rings. The molecule has 1 aromatic carbocycles. The van der Waals surface area contributed by atoms with Crippen LogP contribution in [0.25, 0.3) is 10.1 Å². The summed E-state index contributed by atoms with van der Waals surface area (Å²) in [5.74, 6) is 3.78. The van der Waals surface area contributed by atoms with Crippen molar-refractivity contribution < 1.29 is 0 Å². The van der Waals surface area contributed by atoms with Crippen LogP contribution in [0.15, 0.2) is 28.5 Å². The first kappa shape index (κ1) is 10.1. The molecule has 0 spiro atoms. The molecule has 3 heteroatoms. The van der Waals surface area contributed by atoms with E-state index in [0.717, 1.165) is 0 Å². The van der Waals surface area contributed by atoms with Gasteiger partial charge in [-0.05, 0) is 52.5 Å². The lowest BCUT2D eigenvalue weighted by Crippen LogP contribution is -1.94. The molecule has 0 radical (unpaired) electrons. The first-order valence-electron chi connectivity index (χ1n) is 5.14. The Morgan fingerprint density at radius 1 is 1.13 bits per heavy atom. The highest BCUT2D eigenvalue weighted by Crippen LogP contribution is 2.34. The van der Waals surface area contributed by atoms with Crippen molar-refractivity contribution in [2.24, 2.45) is 0 Å². The van der Waals surface area contributed by atoms with E-state index in [-0.39, 0.29) is 0 Å². The van der Waals surface area contributed by atoms with Gasteiger partial charge in [-0.15, -0.1) is 23.1 Å². The first-order chi connectivity index (χ1) is 7.43. The summed E-state index contributed by atoms with van der Waals surface area (Å²) in [6.07, 6.45) is 1.34. The molecule has 0 nitrogen and oxygen atoms in total. The predicted octanol–water partition coefficient (Wildman–Crippen LogP) is 4.63. The Morgan fingerprint density at radius 2 is 2.13 bits per heavy atom. The molecule has 0 bridgehead atoms. The molecule has 78 valence electrons. The Morgan fingerprint density at radius 3 is 3.13 bits per heavy atom. The monoisotopic (exact) mass is 252 g/mol.